The van der Waals surface area contributed by atoms with Crippen LogP contribution in [0.3, 0.4) is 0 Å². The summed E-state index contributed by atoms with van der Waals surface area (Å²) in [5, 5.41) is 7.26. The Hall–Kier alpha value is -1.83. The highest BCUT2D eigenvalue weighted by atomic mass is 35.5. The number of amides is 2. The van der Waals surface area contributed by atoms with E-state index >= 15 is 0 Å². The van der Waals surface area contributed by atoms with Crippen LogP contribution in [0.25, 0.3) is 0 Å². The van der Waals surface area contributed by atoms with E-state index < -0.39 is 0 Å². The summed E-state index contributed by atoms with van der Waals surface area (Å²) < 4.78 is 0. The molecule has 7 nitrogen and oxygen atoms in total. The van der Waals surface area contributed by atoms with Crippen LogP contribution in [0.4, 0.5) is 5.69 Å². The van der Waals surface area contributed by atoms with Gasteiger partial charge in [0.15, 0.2) is 0 Å². The first-order valence-corrected chi connectivity index (χ1v) is 12.5. The van der Waals surface area contributed by atoms with Gasteiger partial charge in [-0.2, -0.15) is 0 Å². The standard InChI is InChI=1S/C24H34ClN5O2/c25-18-2-1-3-20(16-18)29-14-12-28(13-15-29)9-5-19-17-24(23(32)27-19)6-10-30(11-7-24)22(31)21-4-8-26-21/h1-3,16,19,21,26H,4-15,17H2,(H,27,32)/t19-,21-/m0/s1. The maximum absolute atomic E-state index is 12.9. The Morgan fingerprint density at radius 1 is 1.12 bits per heavy atom. The van der Waals surface area contributed by atoms with Gasteiger partial charge in [-0.1, -0.05) is 17.7 Å². The van der Waals surface area contributed by atoms with E-state index in [0.29, 0.717) is 13.1 Å². The first-order valence-electron chi connectivity index (χ1n) is 12.1. The van der Waals surface area contributed by atoms with Crippen LogP contribution in [0.5, 0.6) is 0 Å². The number of hydrogen-bond acceptors (Lipinski definition) is 5. The van der Waals surface area contributed by atoms with Crippen molar-refractivity contribution in [2.24, 2.45) is 5.41 Å². The number of nitrogens with one attached hydrogen (secondary N) is 2. The smallest absolute Gasteiger partial charge is 0.239 e. The van der Waals surface area contributed by atoms with Crippen LogP contribution in [0.1, 0.15) is 32.1 Å². The lowest BCUT2D eigenvalue weighted by atomic mass is 9.75. The van der Waals surface area contributed by atoms with Crippen molar-refractivity contribution in [1.82, 2.24) is 20.4 Å². The summed E-state index contributed by atoms with van der Waals surface area (Å²) in [6.07, 6.45) is 4.45. The predicted molar refractivity (Wildman–Crippen MR) is 126 cm³/mol. The number of piperidine rings is 1. The normalized spacial score (nSPS) is 28.0. The molecule has 4 heterocycles. The van der Waals surface area contributed by atoms with Gasteiger partial charge in [-0.25, -0.2) is 0 Å². The fraction of sp³-hybridized carbons (Fsp3) is 0.667. The van der Waals surface area contributed by atoms with E-state index in [1.807, 2.05) is 23.1 Å². The third-order valence-electron chi connectivity index (χ3n) is 7.95. The average Bonchev–Trinajstić information content (AvgIpc) is 3.06. The quantitative estimate of drug-likeness (QED) is 0.701. The number of carbonyl (C=O) groups is 2. The topological polar surface area (TPSA) is 67.9 Å². The van der Waals surface area contributed by atoms with Gasteiger partial charge in [-0.15, -0.1) is 0 Å². The minimum Gasteiger partial charge on any atom is -0.369 e. The first-order chi connectivity index (χ1) is 15.5. The SMILES string of the molecule is O=C([C@@H]1CCN1)N1CCC2(CC1)C[C@H](CCN1CCN(c3cccc(Cl)c3)CC1)NC2=O. The summed E-state index contributed by atoms with van der Waals surface area (Å²) in [5.74, 6) is 0.431. The molecule has 2 N–H and O–H groups in total. The zero-order valence-electron chi connectivity index (χ0n) is 18.7. The van der Waals surface area contributed by atoms with Gasteiger partial charge in [0.1, 0.15) is 0 Å². The minimum atomic E-state index is -0.264. The van der Waals surface area contributed by atoms with Crippen molar-refractivity contribution in [3.63, 3.8) is 0 Å². The molecule has 4 aliphatic heterocycles. The Balaban J connectivity index is 1.06. The second kappa shape index (κ2) is 9.20. The van der Waals surface area contributed by atoms with Gasteiger partial charge in [0.2, 0.25) is 11.8 Å². The Bertz CT molecular complexity index is 845. The zero-order valence-corrected chi connectivity index (χ0v) is 19.4. The van der Waals surface area contributed by atoms with Gasteiger partial charge in [0.25, 0.3) is 0 Å². The summed E-state index contributed by atoms with van der Waals surface area (Å²) in [5.41, 5.74) is 0.930. The number of halogens is 1. The number of hydrogen-bond donors (Lipinski definition) is 2. The van der Waals surface area contributed by atoms with Gasteiger partial charge < -0.3 is 20.4 Å². The second-order valence-electron chi connectivity index (χ2n) is 9.87. The molecule has 0 bridgehead atoms. The van der Waals surface area contributed by atoms with Crippen LogP contribution in [0.2, 0.25) is 5.02 Å². The van der Waals surface area contributed by atoms with Crippen LogP contribution in [-0.4, -0.2) is 86.1 Å². The highest BCUT2D eigenvalue weighted by Crippen LogP contribution is 2.41. The van der Waals surface area contributed by atoms with Crippen LogP contribution < -0.4 is 15.5 Å². The monoisotopic (exact) mass is 459 g/mol. The number of piperazine rings is 1. The second-order valence-corrected chi connectivity index (χ2v) is 10.3. The molecule has 0 aromatic heterocycles. The van der Waals surface area contributed by atoms with Gasteiger partial charge in [-0.3, -0.25) is 14.5 Å². The molecule has 4 fully saturated rings. The average molecular weight is 460 g/mol. The highest BCUT2D eigenvalue weighted by Gasteiger charge is 2.49. The van der Waals surface area contributed by atoms with Crippen LogP contribution in [0.15, 0.2) is 24.3 Å². The number of likely N-dealkylation sites (tertiary alicyclic amines) is 1. The maximum Gasteiger partial charge on any atom is 0.239 e. The van der Waals surface area contributed by atoms with Gasteiger partial charge in [0.05, 0.1) is 11.5 Å². The molecular formula is C24H34ClN5O2. The molecule has 5 rings (SSSR count). The van der Waals surface area contributed by atoms with Crippen LogP contribution in [0, 0.1) is 5.41 Å². The molecule has 0 unspecified atom stereocenters. The molecule has 2 atom stereocenters. The molecule has 174 valence electrons. The third-order valence-corrected chi connectivity index (χ3v) is 8.18. The van der Waals surface area contributed by atoms with Gasteiger partial charge >= 0.3 is 0 Å². The van der Waals surface area contributed by atoms with Crippen LogP contribution >= 0.6 is 11.6 Å². The molecular weight excluding hydrogens is 426 g/mol. The van der Waals surface area contributed by atoms with Crippen molar-refractivity contribution in [3.8, 4) is 0 Å². The number of rotatable bonds is 5. The highest BCUT2D eigenvalue weighted by molar-refractivity contribution is 6.30. The summed E-state index contributed by atoms with van der Waals surface area (Å²) in [4.78, 5) is 32.2. The minimum absolute atomic E-state index is 0.00791. The van der Waals surface area contributed by atoms with E-state index in [-0.39, 0.29) is 29.3 Å². The van der Waals surface area contributed by atoms with Crippen molar-refractivity contribution < 1.29 is 9.59 Å². The maximum atomic E-state index is 12.9. The molecule has 0 aliphatic carbocycles. The molecule has 1 aromatic carbocycles. The number of carbonyl (C=O) groups excluding carboxylic acids is 2. The lowest BCUT2D eigenvalue weighted by molar-refractivity contribution is -0.141. The zero-order chi connectivity index (χ0) is 22.1. The van der Waals surface area contributed by atoms with Gasteiger partial charge in [-0.05, 0) is 56.8 Å². The van der Waals surface area contributed by atoms with Crippen molar-refractivity contribution >= 4 is 29.1 Å². The lowest BCUT2D eigenvalue weighted by Crippen LogP contribution is -2.57. The number of benzene rings is 1. The molecule has 1 spiro atoms. The molecule has 4 aliphatic rings. The lowest BCUT2D eigenvalue weighted by Gasteiger charge is -2.40. The van der Waals surface area contributed by atoms with E-state index in [1.165, 1.54) is 5.69 Å². The molecule has 8 heteroatoms. The van der Waals surface area contributed by atoms with Crippen molar-refractivity contribution in [3.05, 3.63) is 29.3 Å². The first kappa shape index (κ1) is 22.0. The Labute approximate surface area is 195 Å². The Morgan fingerprint density at radius 2 is 1.88 bits per heavy atom. The molecule has 1 aromatic rings. The Morgan fingerprint density at radius 3 is 2.53 bits per heavy atom. The van der Waals surface area contributed by atoms with Gasteiger partial charge in [0, 0.05) is 62.6 Å². The van der Waals surface area contributed by atoms with E-state index in [9.17, 15) is 9.59 Å². The number of nitrogens with zero attached hydrogens (tertiary/aromatic N) is 3. The molecule has 0 radical (unpaired) electrons. The summed E-state index contributed by atoms with van der Waals surface area (Å²) in [6.45, 7) is 7.44. The van der Waals surface area contributed by atoms with E-state index in [4.69, 9.17) is 11.6 Å². The van der Waals surface area contributed by atoms with Crippen molar-refractivity contribution in [2.45, 2.75) is 44.2 Å². The van der Waals surface area contributed by atoms with E-state index in [0.717, 1.165) is 76.4 Å². The molecule has 32 heavy (non-hydrogen) atoms. The Kier molecular flexibility index (Phi) is 6.32. The van der Waals surface area contributed by atoms with Crippen LogP contribution in [-0.2, 0) is 9.59 Å². The van der Waals surface area contributed by atoms with E-state index in [1.54, 1.807) is 0 Å². The summed E-state index contributed by atoms with van der Waals surface area (Å²) in [6, 6.07) is 8.34. The summed E-state index contributed by atoms with van der Waals surface area (Å²) in [7, 11) is 0. The summed E-state index contributed by atoms with van der Waals surface area (Å²) >= 11 is 6.14. The number of anilines is 1. The largest absolute Gasteiger partial charge is 0.369 e. The molecule has 4 saturated heterocycles. The fourth-order valence-electron chi connectivity index (χ4n) is 5.68. The molecule has 2 amide bonds. The van der Waals surface area contributed by atoms with Crippen molar-refractivity contribution in [1.29, 1.82) is 0 Å². The fourth-order valence-corrected chi connectivity index (χ4v) is 5.86. The molecule has 0 saturated carbocycles. The van der Waals surface area contributed by atoms with Crippen molar-refractivity contribution in [2.75, 3.05) is 57.3 Å². The predicted octanol–water partition coefficient (Wildman–Crippen LogP) is 1.71. The van der Waals surface area contributed by atoms with E-state index in [2.05, 4.69) is 26.5 Å². The third kappa shape index (κ3) is 4.47.